The number of ether oxygens (including phenoxy) is 1. The van der Waals surface area contributed by atoms with Crippen molar-refractivity contribution in [2.45, 2.75) is 20.0 Å². The number of aryl methyl sites for hydroxylation is 1. The highest BCUT2D eigenvalue weighted by molar-refractivity contribution is 6.31. The molecule has 5 nitrogen and oxygen atoms in total. The minimum Gasteiger partial charge on any atom is -0.482 e. The molecule has 0 spiro atoms. The quantitative estimate of drug-likeness (QED) is 0.475. The van der Waals surface area contributed by atoms with E-state index in [0.717, 1.165) is 11.1 Å². The highest BCUT2D eigenvalue weighted by atomic mass is 35.5. The number of aliphatic imine (C=N–C) groups is 1. The van der Waals surface area contributed by atoms with E-state index >= 15 is 0 Å². The molecule has 0 saturated heterocycles. The zero-order valence-corrected chi connectivity index (χ0v) is 15.1. The Morgan fingerprint density at radius 2 is 2.24 bits per heavy atom. The van der Waals surface area contributed by atoms with E-state index in [9.17, 15) is 4.39 Å². The second kappa shape index (κ2) is 7.98. The Hall–Kier alpha value is -2.60. The van der Waals surface area contributed by atoms with Crippen LogP contribution in [0.2, 0.25) is 5.02 Å². The summed E-state index contributed by atoms with van der Waals surface area (Å²) in [5.41, 5.74) is 8.21. The number of nitrogens with zero attached hydrogens (tertiary/aromatic N) is 3. The lowest BCUT2D eigenvalue weighted by Crippen LogP contribution is -2.06. The molecular weight excluding hydrogens is 343 g/mol. The fraction of sp³-hybridized carbons (Fsp3) is 0.222. The highest BCUT2D eigenvalue weighted by Gasteiger charge is 2.15. The third kappa shape index (κ3) is 4.70. The van der Waals surface area contributed by atoms with Gasteiger partial charge in [0.25, 0.3) is 0 Å². The molecule has 2 aromatic rings. The van der Waals surface area contributed by atoms with Gasteiger partial charge in [0.05, 0.1) is 6.20 Å². The Morgan fingerprint density at radius 1 is 1.52 bits per heavy atom. The molecule has 0 aliphatic rings. The number of hydrogen-bond donors (Lipinski definition) is 1. The maximum Gasteiger partial charge on any atom is 0.165 e. The van der Waals surface area contributed by atoms with Gasteiger partial charge in [0.15, 0.2) is 11.6 Å². The van der Waals surface area contributed by atoms with Gasteiger partial charge in [0, 0.05) is 29.4 Å². The molecular formula is C18H20ClFN4O. The van der Waals surface area contributed by atoms with Crippen LogP contribution in [-0.4, -0.2) is 16.5 Å². The van der Waals surface area contributed by atoms with Crippen LogP contribution < -0.4 is 5.73 Å². The van der Waals surface area contributed by atoms with E-state index < -0.39 is 11.9 Å². The molecule has 0 saturated carbocycles. The Morgan fingerprint density at radius 3 is 2.84 bits per heavy atom. The Labute approximate surface area is 151 Å². The summed E-state index contributed by atoms with van der Waals surface area (Å²) in [5.74, 6) is 0.0593. The fourth-order valence-corrected chi connectivity index (χ4v) is 2.50. The summed E-state index contributed by atoms with van der Waals surface area (Å²) in [4.78, 5) is 3.74. The SMILES string of the molecule is C=N/C(N)=C(\C=C(/C)c1cnn(C)c1)OC(C)c1cc(F)ccc1Cl. The van der Waals surface area contributed by atoms with E-state index in [0.29, 0.717) is 16.3 Å². The van der Waals surface area contributed by atoms with Crippen LogP contribution in [0.3, 0.4) is 0 Å². The molecule has 0 fully saturated rings. The van der Waals surface area contributed by atoms with Gasteiger partial charge in [-0.25, -0.2) is 9.38 Å². The zero-order valence-electron chi connectivity index (χ0n) is 14.3. The number of allylic oxidation sites excluding steroid dienone is 2. The first-order chi connectivity index (χ1) is 11.8. The van der Waals surface area contributed by atoms with Crippen LogP contribution in [-0.2, 0) is 11.8 Å². The molecule has 1 aromatic carbocycles. The summed E-state index contributed by atoms with van der Waals surface area (Å²) in [7, 11) is 1.83. The molecule has 1 heterocycles. The molecule has 1 atom stereocenters. The zero-order chi connectivity index (χ0) is 18.6. The van der Waals surface area contributed by atoms with Crippen LogP contribution in [0.1, 0.15) is 31.1 Å². The van der Waals surface area contributed by atoms with Crippen molar-refractivity contribution in [1.82, 2.24) is 9.78 Å². The number of aromatic nitrogens is 2. The van der Waals surface area contributed by atoms with Gasteiger partial charge in [-0.1, -0.05) is 11.6 Å². The van der Waals surface area contributed by atoms with Crippen LogP contribution in [0.5, 0.6) is 0 Å². The largest absolute Gasteiger partial charge is 0.482 e. The van der Waals surface area contributed by atoms with E-state index in [-0.39, 0.29) is 5.82 Å². The minimum absolute atomic E-state index is 0.127. The molecule has 0 amide bonds. The molecule has 1 unspecified atom stereocenters. The summed E-state index contributed by atoms with van der Waals surface area (Å²) in [6, 6.07) is 4.11. The summed E-state index contributed by atoms with van der Waals surface area (Å²) in [6.07, 6.45) is 4.81. The van der Waals surface area contributed by atoms with Crippen molar-refractivity contribution in [2.75, 3.05) is 0 Å². The van der Waals surface area contributed by atoms with Gasteiger partial charge in [-0.15, -0.1) is 0 Å². The predicted molar refractivity (Wildman–Crippen MR) is 98.5 cm³/mol. The molecule has 2 N–H and O–H groups in total. The number of rotatable bonds is 6. The van der Waals surface area contributed by atoms with Crippen molar-refractivity contribution in [3.63, 3.8) is 0 Å². The fourth-order valence-electron chi connectivity index (χ4n) is 2.23. The van der Waals surface area contributed by atoms with E-state index in [1.165, 1.54) is 18.2 Å². The van der Waals surface area contributed by atoms with Gasteiger partial charge < -0.3 is 10.5 Å². The summed E-state index contributed by atoms with van der Waals surface area (Å²) in [6.45, 7) is 7.09. The third-order valence-corrected chi connectivity index (χ3v) is 3.97. The average molecular weight is 363 g/mol. The normalized spacial score (nSPS) is 14.0. The minimum atomic E-state index is -0.531. The first-order valence-corrected chi connectivity index (χ1v) is 7.95. The van der Waals surface area contributed by atoms with Crippen molar-refractivity contribution in [3.05, 3.63) is 70.2 Å². The van der Waals surface area contributed by atoms with Gasteiger partial charge in [0.1, 0.15) is 11.9 Å². The summed E-state index contributed by atoms with van der Waals surface area (Å²) in [5, 5.41) is 4.54. The van der Waals surface area contributed by atoms with Crippen molar-refractivity contribution in [1.29, 1.82) is 0 Å². The van der Waals surface area contributed by atoms with Crippen LogP contribution in [0.15, 0.2) is 53.2 Å². The molecule has 132 valence electrons. The van der Waals surface area contributed by atoms with Crippen LogP contribution in [0.25, 0.3) is 5.57 Å². The Balaban J connectivity index is 2.33. The number of benzene rings is 1. The van der Waals surface area contributed by atoms with Crippen molar-refractivity contribution < 1.29 is 9.13 Å². The summed E-state index contributed by atoms with van der Waals surface area (Å²) >= 11 is 6.14. The maximum absolute atomic E-state index is 13.5. The molecule has 0 radical (unpaired) electrons. The molecule has 0 aliphatic heterocycles. The van der Waals surface area contributed by atoms with Crippen LogP contribution in [0, 0.1) is 5.82 Å². The van der Waals surface area contributed by atoms with Crippen LogP contribution in [0.4, 0.5) is 4.39 Å². The molecule has 0 bridgehead atoms. The lowest BCUT2D eigenvalue weighted by molar-refractivity contribution is 0.140. The highest BCUT2D eigenvalue weighted by Crippen LogP contribution is 2.29. The second-order valence-electron chi connectivity index (χ2n) is 5.56. The summed E-state index contributed by atoms with van der Waals surface area (Å²) < 4.78 is 21.1. The van der Waals surface area contributed by atoms with Gasteiger partial charge in [0.2, 0.25) is 0 Å². The lowest BCUT2D eigenvalue weighted by atomic mass is 10.1. The first-order valence-electron chi connectivity index (χ1n) is 7.57. The molecule has 25 heavy (non-hydrogen) atoms. The predicted octanol–water partition coefficient (Wildman–Crippen LogP) is 4.22. The van der Waals surface area contributed by atoms with E-state index in [1.54, 1.807) is 23.9 Å². The van der Waals surface area contributed by atoms with Gasteiger partial charge >= 0.3 is 0 Å². The lowest BCUT2D eigenvalue weighted by Gasteiger charge is -2.18. The first kappa shape index (κ1) is 18.7. The Kier molecular flexibility index (Phi) is 5.98. The second-order valence-corrected chi connectivity index (χ2v) is 5.97. The van der Waals surface area contributed by atoms with Gasteiger partial charge in [-0.3, -0.25) is 4.68 Å². The van der Waals surface area contributed by atoms with Crippen molar-refractivity contribution >= 4 is 23.9 Å². The van der Waals surface area contributed by atoms with E-state index in [1.807, 2.05) is 20.2 Å². The van der Waals surface area contributed by atoms with Gasteiger partial charge in [-0.05, 0) is 50.4 Å². The number of hydrogen-bond acceptors (Lipinski definition) is 4. The third-order valence-electron chi connectivity index (χ3n) is 3.63. The number of halogens is 2. The van der Waals surface area contributed by atoms with Gasteiger partial charge in [-0.2, -0.15) is 5.10 Å². The van der Waals surface area contributed by atoms with Crippen molar-refractivity contribution in [2.24, 2.45) is 17.8 Å². The van der Waals surface area contributed by atoms with E-state index in [2.05, 4.69) is 16.8 Å². The maximum atomic E-state index is 13.5. The topological polar surface area (TPSA) is 65.4 Å². The molecule has 0 aliphatic carbocycles. The van der Waals surface area contributed by atoms with E-state index in [4.69, 9.17) is 22.1 Å². The average Bonchev–Trinajstić information content (AvgIpc) is 3.02. The van der Waals surface area contributed by atoms with Crippen molar-refractivity contribution in [3.8, 4) is 0 Å². The Bertz CT molecular complexity index is 841. The molecule has 7 heteroatoms. The monoisotopic (exact) mass is 362 g/mol. The standard InChI is InChI=1S/C18H20ClFN4O/c1-11(13-9-23-24(4)10-13)7-17(18(21)22-3)25-12(2)15-8-14(20)5-6-16(15)19/h5-10,12H,3,21H2,1-2,4H3/b11-7+,18-17+. The molecule has 1 aromatic heterocycles. The number of nitrogens with two attached hydrogens (primary N) is 1. The van der Waals surface area contributed by atoms with Crippen LogP contribution >= 0.6 is 11.6 Å². The smallest absolute Gasteiger partial charge is 0.165 e. The molecule has 2 rings (SSSR count).